The maximum Gasteiger partial charge on any atom is 0.251 e. The first-order chi connectivity index (χ1) is 13.3. The van der Waals surface area contributed by atoms with E-state index in [0.717, 1.165) is 36.5 Å². The molecule has 0 spiro atoms. The Bertz CT molecular complexity index is 947. The Morgan fingerprint density at radius 1 is 1.07 bits per heavy atom. The fourth-order valence-electron chi connectivity index (χ4n) is 3.25. The van der Waals surface area contributed by atoms with Crippen molar-refractivity contribution in [3.63, 3.8) is 0 Å². The van der Waals surface area contributed by atoms with E-state index in [1.165, 1.54) is 5.56 Å². The van der Waals surface area contributed by atoms with Crippen LogP contribution in [0.2, 0.25) is 0 Å². The second-order valence-electron chi connectivity index (χ2n) is 6.22. The molecule has 0 saturated carbocycles. The Labute approximate surface area is 158 Å². The topological polar surface area (TPSA) is 72.4 Å². The van der Waals surface area contributed by atoms with E-state index >= 15 is 0 Å². The molecular formula is C20H21N5O2. The fourth-order valence-corrected chi connectivity index (χ4v) is 3.25. The van der Waals surface area contributed by atoms with Crippen LogP contribution < -0.4 is 19.7 Å². The third-order valence-corrected chi connectivity index (χ3v) is 4.57. The predicted molar refractivity (Wildman–Crippen MR) is 104 cm³/mol. The van der Waals surface area contributed by atoms with Crippen molar-refractivity contribution in [1.82, 2.24) is 15.2 Å². The Morgan fingerprint density at radius 2 is 1.96 bits per heavy atom. The van der Waals surface area contributed by atoms with Crippen molar-refractivity contribution in [3.8, 4) is 11.5 Å². The number of hydrogen-bond acceptors (Lipinski definition) is 7. The summed E-state index contributed by atoms with van der Waals surface area (Å²) in [6, 6.07) is 13.9. The van der Waals surface area contributed by atoms with Gasteiger partial charge in [-0.1, -0.05) is 18.2 Å². The molecule has 7 nitrogen and oxygen atoms in total. The molecule has 0 radical (unpaired) electrons. The van der Waals surface area contributed by atoms with E-state index in [1.807, 2.05) is 24.3 Å². The summed E-state index contributed by atoms with van der Waals surface area (Å²) in [6.45, 7) is 0.869. The summed E-state index contributed by atoms with van der Waals surface area (Å²) in [7, 11) is 3.24. The molecule has 2 aromatic carbocycles. The van der Waals surface area contributed by atoms with Gasteiger partial charge in [0.05, 0.1) is 26.1 Å². The Kier molecular flexibility index (Phi) is 4.74. The number of aryl methyl sites for hydroxylation is 1. The third kappa shape index (κ3) is 3.48. The number of nitrogens with zero attached hydrogens (tertiary/aromatic N) is 4. The van der Waals surface area contributed by atoms with Crippen molar-refractivity contribution in [1.29, 1.82) is 0 Å². The molecule has 4 rings (SSSR count). The number of ether oxygens (including phenoxy) is 2. The molecule has 7 heteroatoms. The summed E-state index contributed by atoms with van der Waals surface area (Å²) in [6.07, 6.45) is 3.73. The molecule has 1 aliphatic heterocycles. The van der Waals surface area contributed by atoms with Gasteiger partial charge in [-0.2, -0.15) is 10.1 Å². The molecule has 0 unspecified atom stereocenters. The molecule has 0 atom stereocenters. The molecule has 3 aromatic rings. The van der Waals surface area contributed by atoms with Gasteiger partial charge in [0, 0.05) is 18.3 Å². The highest BCUT2D eigenvalue weighted by atomic mass is 16.5. The minimum Gasteiger partial charge on any atom is -0.497 e. The number of anilines is 4. The lowest BCUT2D eigenvalue weighted by molar-refractivity contribution is 0.395. The smallest absolute Gasteiger partial charge is 0.251 e. The van der Waals surface area contributed by atoms with Crippen LogP contribution in [0.25, 0.3) is 0 Å². The molecule has 0 bridgehead atoms. The number of methoxy groups -OCH3 is 2. The standard InChI is InChI=1S/C20H21N5O2/c1-26-15-9-10-16(18(12-15)27-2)22-19-13-21-24-20(23-19)25-11-5-7-14-6-3-4-8-17(14)25/h3-4,6,8-10,12-13H,5,7,11H2,1-2H3,(H,22,23,24). The van der Waals surface area contributed by atoms with Crippen LogP contribution in [-0.4, -0.2) is 35.9 Å². The minimum absolute atomic E-state index is 0.583. The summed E-state index contributed by atoms with van der Waals surface area (Å²) in [5, 5.41) is 11.6. The largest absolute Gasteiger partial charge is 0.497 e. The number of rotatable bonds is 5. The maximum atomic E-state index is 5.44. The first kappa shape index (κ1) is 17.1. The van der Waals surface area contributed by atoms with Gasteiger partial charge in [-0.15, -0.1) is 5.10 Å². The number of hydrogen-bond donors (Lipinski definition) is 1. The van der Waals surface area contributed by atoms with Gasteiger partial charge >= 0.3 is 0 Å². The van der Waals surface area contributed by atoms with Crippen LogP contribution in [0.1, 0.15) is 12.0 Å². The lowest BCUT2D eigenvalue weighted by Gasteiger charge is -2.29. The van der Waals surface area contributed by atoms with Crippen LogP contribution in [0, 0.1) is 0 Å². The van der Waals surface area contributed by atoms with Gasteiger partial charge in [-0.05, 0) is 36.6 Å². The van der Waals surface area contributed by atoms with Crippen molar-refractivity contribution in [2.24, 2.45) is 0 Å². The van der Waals surface area contributed by atoms with Crippen molar-refractivity contribution in [3.05, 3.63) is 54.2 Å². The van der Waals surface area contributed by atoms with Crippen LogP contribution >= 0.6 is 0 Å². The zero-order valence-electron chi connectivity index (χ0n) is 15.3. The van der Waals surface area contributed by atoms with E-state index in [4.69, 9.17) is 9.47 Å². The molecule has 0 aliphatic carbocycles. The molecule has 1 aliphatic rings. The van der Waals surface area contributed by atoms with Gasteiger partial charge in [0.15, 0.2) is 5.82 Å². The van der Waals surface area contributed by atoms with E-state index < -0.39 is 0 Å². The van der Waals surface area contributed by atoms with Gasteiger partial charge in [0.1, 0.15) is 11.5 Å². The molecule has 1 N–H and O–H groups in total. The average Bonchev–Trinajstić information content (AvgIpc) is 2.74. The first-order valence-electron chi connectivity index (χ1n) is 8.82. The van der Waals surface area contributed by atoms with Crippen LogP contribution in [-0.2, 0) is 6.42 Å². The van der Waals surface area contributed by atoms with Crippen molar-refractivity contribution in [2.75, 3.05) is 31.0 Å². The highest BCUT2D eigenvalue weighted by molar-refractivity contribution is 5.67. The van der Waals surface area contributed by atoms with Gasteiger partial charge in [-0.3, -0.25) is 0 Å². The Morgan fingerprint density at radius 3 is 2.81 bits per heavy atom. The second kappa shape index (κ2) is 7.49. The molecule has 27 heavy (non-hydrogen) atoms. The molecule has 1 aromatic heterocycles. The third-order valence-electron chi connectivity index (χ3n) is 4.57. The Hall–Kier alpha value is -3.35. The lowest BCUT2D eigenvalue weighted by Crippen LogP contribution is -2.26. The normalized spacial score (nSPS) is 13.0. The summed E-state index contributed by atoms with van der Waals surface area (Å²) >= 11 is 0. The van der Waals surface area contributed by atoms with Gasteiger partial charge in [-0.25, -0.2) is 0 Å². The number of para-hydroxylation sites is 1. The van der Waals surface area contributed by atoms with Gasteiger partial charge in [0.2, 0.25) is 0 Å². The van der Waals surface area contributed by atoms with Crippen molar-refractivity contribution >= 4 is 23.1 Å². The summed E-state index contributed by atoms with van der Waals surface area (Å²) < 4.78 is 10.7. The summed E-state index contributed by atoms with van der Waals surface area (Å²) in [5.74, 6) is 2.58. The fraction of sp³-hybridized carbons (Fsp3) is 0.250. The average molecular weight is 363 g/mol. The number of fused-ring (bicyclic) bond motifs is 1. The van der Waals surface area contributed by atoms with Crippen LogP contribution in [0.3, 0.4) is 0 Å². The molecule has 138 valence electrons. The molecule has 0 amide bonds. The van der Waals surface area contributed by atoms with E-state index in [0.29, 0.717) is 17.5 Å². The second-order valence-corrected chi connectivity index (χ2v) is 6.22. The van der Waals surface area contributed by atoms with Gasteiger partial charge < -0.3 is 19.7 Å². The number of nitrogens with one attached hydrogen (secondary N) is 1. The monoisotopic (exact) mass is 363 g/mol. The van der Waals surface area contributed by atoms with Crippen LogP contribution in [0.4, 0.5) is 23.1 Å². The maximum absolute atomic E-state index is 5.44. The van der Waals surface area contributed by atoms with E-state index in [-0.39, 0.29) is 0 Å². The van der Waals surface area contributed by atoms with E-state index in [1.54, 1.807) is 20.4 Å². The molecule has 0 saturated heterocycles. The zero-order valence-corrected chi connectivity index (χ0v) is 15.3. The SMILES string of the molecule is COc1ccc(Nc2cnnc(N3CCCc4ccccc43)n2)c(OC)c1. The molecule has 2 heterocycles. The van der Waals surface area contributed by atoms with Crippen LogP contribution in [0.15, 0.2) is 48.7 Å². The molecule has 0 fully saturated rings. The first-order valence-corrected chi connectivity index (χ1v) is 8.82. The summed E-state index contributed by atoms with van der Waals surface area (Å²) in [5.41, 5.74) is 3.23. The zero-order chi connectivity index (χ0) is 18.6. The minimum atomic E-state index is 0.583. The van der Waals surface area contributed by atoms with Crippen LogP contribution in [0.5, 0.6) is 11.5 Å². The lowest BCUT2D eigenvalue weighted by atomic mass is 10.0. The van der Waals surface area contributed by atoms with E-state index in [9.17, 15) is 0 Å². The van der Waals surface area contributed by atoms with Crippen molar-refractivity contribution in [2.45, 2.75) is 12.8 Å². The Balaban J connectivity index is 1.63. The predicted octanol–water partition coefficient (Wildman–Crippen LogP) is 3.72. The number of aromatic nitrogens is 3. The summed E-state index contributed by atoms with van der Waals surface area (Å²) in [4.78, 5) is 6.78. The number of benzene rings is 2. The molecular weight excluding hydrogens is 342 g/mol. The van der Waals surface area contributed by atoms with E-state index in [2.05, 4.69) is 43.6 Å². The quantitative estimate of drug-likeness (QED) is 0.741. The van der Waals surface area contributed by atoms with Crippen molar-refractivity contribution < 1.29 is 9.47 Å². The highest BCUT2D eigenvalue weighted by Crippen LogP contribution is 2.33. The van der Waals surface area contributed by atoms with Gasteiger partial charge in [0.25, 0.3) is 5.95 Å². The highest BCUT2D eigenvalue weighted by Gasteiger charge is 2.20.